The van der Waals surface area contributed by atoms with Crippen LogP contribution in [-0.2, 0) is 6.54 Å². The van der Waals surface area contributed by atoms with Gasteiger partial charge in [-0.1, -0.05) is 13.8 Å². The van der Waals surface area contributed by atoms with Gasteiger partial charge in [0.2, 0.25) is 6.79 Å². The molecule has 0 spiro atoms. The molecule has 1 atom stereocenters. The van der Waals surface area contributed by atoms with Crippen LogP contribution in [0, 0.1) is 11.7 Å². The molecule has 2 aliphatic rings. The summed E-state index contributed by atoms with van der Waals surface area (Å²) < 4.78 is 29.3. The fourth-order valence-corrected chi connectivity index (χ4v) is 4.15. The summed E-state index contributed by atoms with van der Waals surface area (Å²) in [5, 5.41) is 13.9. The lowest BCUT2D eigenvalue weighted by Gasteiger charge is -2.32. The van der Waals surface area contributed by atoms with Crippen LogP contribution in [0.5, 0.6) is 11.5 Å². The number of hydrogen-bond donors (Lipinski definition) is 1. The number of aromatic carboxylic acids is 1. The first-order chi connectivity index (χ1) is 14.4. The van der Waals surface area contributed by atoms with Crippen molar-refractivity contribution in [1.29, 1.82) is 0 Å². The van der Waals surface area contributed by atoms with Crippen LogP contribution in [0.4, 0.5) is 4.39 Å². The Bertz CT molecular complexity index is 1260. The highest BCUT2D eigenvalue weighted by atomic mass is 19.1. The predicted octanol–water partition coefficient (Wildman–Crippen LogP) is 3.16. The first kappa shape index (κ1) is 18.4. The van der Waals surface area contributed by atoms with Gasteiger partial charge in [-0.2, -0.15) is 5.10 Å². The summed E-state index contributed by atoms with van der Waals surface area (Å²) in [7, 11) is 0. The number of carboxylic acids is 1. The summed E-state index contributed by atoms with van der Waals surface area (Å²) in [4.78, 5) is 24.0. The predicted molar refractivity (Wildman–Crippen MR) is 104 cm³/mol. The Morgan fingerprint density at radius 2 is 2.13 bits per heavy atom. The van der Waals surface area contributed by atoms with Crippen LogP contribution >= 0.6 is 0 Å². The molecule has 0 radical (unpaired) electrons. The molecule has 0 amide bonds. The molecular weight excluding hydrogens is 393 g/mol. The number of aromatic nitrogens is 3. The number of carbonyl (C=O) groups is 1. The van der Waals surface area contributed by atoms with Crippen molar-refractivity contribution in [2.75, 3.05) is 6.79 Å². The fraction of sp³-hybridized carbons (Fsp3) is 0.286. The van der Waals surface area contributed by atoms with Crippen molar-refractivity contribution in [3.05, 3.63) is 52.2 Å². The average Bonchev–Trinajstić information content (AvgIpc) is 3.33. The summed E-state index contributed by atoms with van der Waals surface area (Å²) in [5.41, 5.74) is 0.753. The molecule has 0 bridgehead atoms. The van der Waals surface area contributed by atoms with E-state index in [1.54, 1.807) is 15.4 Å². The first-order valence-corrected chi connectivity index (χ1v) is 9.51. The maximum atomic E-state index is 14.9. The molecule has 0 saturated carbocycles. The van der Waals surface area contributed by atoms with E-state index < -0.39 is 17.2 Å². The van der Waals surface area contributed by atoms with Crippen LogP contribution in [0.25, 0.3) is 22.5 Å². The molecule has 9 heteroatoms. The van der Waals surface area contributed by atoms with Crippen LogP contribution in [-0.4, -0.2) is 32.2 Å². The molecule has 0 fully saturated rings. The Balaban J connectivity index is 1.80. The van der Waals surface area contributed by atoms with Crippen molar-refractivity contribution in [1.82, 2.24) is 14.3 Å². The molecule has 0 aliphatic carbocycles. The number of nitrogens with zero attached hydrogens (tertiary/aromatic N) is 3. The number of ether oxygens (including phenoxy) is 2. The number of hydrogen-bond acceptors (Lipinski definition) is 5. The number of benzene rings is 1. The van der Waals surface area contributed by atoms with Crippen molar-refractivity contribution in [2.24, 2.45) is 5.92 Å². The molecule has 3 aromatic rings. The number of carboxylic acid groups (broad SMARTS) is 1. The maximum Gasteiger partial charge on any atom is 0.341 e. The monoisotopic (exact) mass is 411 g/mol. The highest BCUT2D eigenvalue weighted by Crippen LogP contribution is 2.47. The highest BCUT2D eigenvalue weighted by molar-refractivity contribution is 5.89. The second-order valence-electron chi connectivity index (χ2n) is 7.71. The minimum atomic E-state index is -1.28. The minimum absolute atomic E-state index is 0.0112. The normalized spacial score (nSPS) is 16.5. The van der Waals surface area contributed by atoms with Crippen LogP contribution < -0.4 is 14.9 Å². The summed E-state index contributed by atoms with van der Waals surface area (Å²) in [5.74, 6) is -0.927. The zero-order valence-corrected chi connectivity index (χ0v) is 16.3. The summed E-state index contributed by atoms with van der Waals surface area (Å²) in [6.07, 6.45) is 2.91. The fourth-order valence-electron chi connectivity index (χ4n) is 4.15. The van der Waals surface area contributed by atoms with Gasteiger partial charge in [0.15, 0.2) is 16.9 Å². The average molecular weight is 411 g/mol. The number of rotatable bonds is 3. The van der Waals surface area contributed by atoms with Gasteiger partial charge in [0.1, 0.15) is 11.4 Å². The topological polar surface area (TPSA) is 95.6 Å². The van der Waals surface area contributed by atoms with Gasteiger partial charge in [-0.05, 0) is 18.1 Å². The second-order valence-corrected chi connectivity index (χ2v) is 7.71. The quantitative estimate of drug-likeness (QED) is 0.711. The lowest BCUT2D eigenvalue weighted by molar-refractivity contribution is 0.0694. The van der Waals surface area contributed by atoms with Crippen LogP contribution in [0.3, 0.4) is 0 Å². The van der Waals surface area contributed by atoms with Crippen LogP contribution in [0.15, 0.2) is 35.4 Å². The van der Waals surface area contributed by atoms with E-state index >= 15 is 0 Å². The summed E-state index contributed by atoms with van der Waals surface area (Å²) in [6.45, 7) is 4.47. The molecule has 0 unspecified atom stereocenters. The first-order valence-electron chi connectivity index (χ1n) is 9.51. The Hall–Kier alpha value is -3.62. The molecule has 2 aliphatic heterocycles. The highest BCUT2D eigenvalue weighted by Gasteiger charge is 2.33. The Labute approximate surface area is 170 Å². The van der Waals surface area contributed by atoms with Gasteiger partial charge in [-0.3, -0.25) is 9.48 Å². The van der Waals surface area contributed by atoms with Crippen molar-refractivity contribution >= 4 is 5.97 Å². The van der Waals surface area contributed by atoms with Crippen molar-refractivity contribution < 1.29 is 23.8 Å². The van der Waals surface area contributed by atoms with Crippen molar-refractivity contribution in [2.45, 2.75) is 26.4 Å². The molecule has 1 N–H and O–H groups in total. The largest absolute Gasteiger partial charge is 0.477 e. The number of pyridine rings is 1. The molecule has 4 heterocycles. The zero-order chi connectivity index (χ0) is 21.2. The smallest absolute Gasteiger partial charge is 0.341 e. The molecule has 154 valence electrons. The van der Waals surface area contributed by atoms with E-state index in [0.717, 1.165) is 0 Å². The zero-order valence-electron chi connectivity index (χ0n) is 16.3. The van der Waals surface area contributed by atoms with Gasteiger partial charge in [0.25, 0.3) is 0 Å². The Morgan fingerprint density at radius 1 is 1.33 bits per heavy atom. The van der Waals surface area contributed by atoms with E-state index in [-0.39, 0.29) is 35.6 Å². The van der Waals surface area contributed by atoms with Gasteiger partial charge in [0.05, 0.1) is 35.7 Å². The lowest BCUT2D eigenvalue weighted by Crippen LogP contribution is -2.31. The van der Waals surface area contributed by atoms with E-state index in [2.05, 4.69) is 5.10 Å². The van der Waals surface area contributed by atoms with Gasteiger partial charge in [-0.15, -0.1) is 0 Å². The third kappa shape index (κ3) is 2.54. The Kier molecular flexibility index (Phi) is 3.96. The SMILES string of the molecule is CC(C)[C@@H]1Cn2ncc(-c3c(F)ccc4c3OCO4)c2-c2cc(=O)c(C(=O)O)cn21. The summed E-state index contributed by atoms with van der Waals surface area (Å²) in [6, 6.07) is 3.97. The molecule has 8 nitrogen and oxygen atoms in total. The third-order valence-corrected chi connectivity index (χ3v) is 5.64. The second kappa shape index (κ2) is 6.45. The van der Waals surface area contributed by atoms with E-state index in [4.69, 9.17) is 9.47 Å². The van der Waals surface area contributed by atoms with Gasteiger partial charge >= 0.3 is 5.97 Å². The van der Waals surface area contributed by atoms with Crippen LogP contribution in [0.2, 0.25) is 0 Å². The maximum absolute atomic E-state index is 14.9. The molecule has 2 aromatic heterocycles. The molecule has 1 aromatic carbocycles. The molecule has 0 saturated heterocycles. The van der Waals surface area contributed by atoms with Crippen LogP contribution in [0.1, 0.15) is 30.2 Å². The Morgan fingerprint density at radius 3 is 2.87 bits per heavy atom. The van der Waals surface area contributed by atoms with Gasteiger partial charge in [-0.25, -0.2) is 9.18 Å². The number of halogens is 1. The molecular formula is C21H18FN3O5. The van der Waals surface area contributed by atoms with E-state index in [1.165, 1.54) is 24.4 Å². The molecule has 30 heavy (non-hydrogen) atoms. The van der Waals surface area contributed by atoms with E-state index in [0.29, 0.717) is 29.2 Å². The van der Waals surface area contributed by atoms with Crippen molar-refractivity contribution in [3.8, 4) is 34.0 Å². The van der Waals surface area contributed by atoms with E-state index in [9.17, 15) is 19.1 Å². The number of fused-ring (bicyclic) bond motifs is 4. The summed E-state index contributed by atoms with van der Waals surface area (Å²) >= 11 is 0. The van der Waals surface area contributed by atoms with Gasteiger partial charge in [0, 0.05) is 17.8 Å². The molecule has 5 rings (SSSR count). The van der Waals surface area contributed by atoms with E-state index in [1.807, 2.05) is 13.8 Å². The van der Waals surface area contributed by atoms with Crippen molar-refractivity contribution in [3.63, 3.8) is 0 Å². The third-order valence-electron chi connectivity index (χ3n) is 5.64. The lowest BCUT2D eigenvalue weighted by atomic mass is 9.96. The van der Waals surface area contributed by atoms with Gasteiger partial charge < -0.3 is 19.1 Å². The minimum Gasteiger partial charge on any atom is -0.477 e. The standard InChI is InChI=1S/C21H18FN3O5/c1-10(2)15-8-25-19(14-5-16(26)12(21(27)28)7-24(14)15)11(6-23-25)18-13(22)3-4-17-20(18)30-9-29-17/h3-7,10,15H,8-9H2,1-2H3,(H,27,28)/t15-/m0/s1.